The number of fused-ring (bicyclic) bond motifs is 1. The molecule has 0 aliphatic carbocycles. The fourth-order valence-corrected chi connectivity index (χ4v) is 2.25. The molecule has 0 unspecified atom stereocenters. The molecule has 5 heteroatoms. The van der Waals surface area contributed by atoms with Gasteiger partial charge in [-0.05, 0) is 30.2 Å². The molecule has 0 radical (unpaired) electrons. The van der Waals surface area contributed by atoms with E-state index in [0.29, 0.717) is 6.42 Å². The van der Waals surface area contributed by atoms with Gasteiger partial charge in [-0.2, -0.15) is 0 Å². The molecule has 0 spiro atoms. The van der Waals surface area contributed by atoms with Crippen LogP contribution in [0.25, 0.3) is 10.9 Å². The number of H-pyrrole nitrogens is 1. The van der Waals surface area contributed by atoms with Crippen LogP contribution in [0.4, 0.5) is 0 Å². The van der Waals surface area contributed by atoms with Crippen LogP contribution in [0.2, 0.25) is 0 Å². The van der Waals surface area contributed by atoms with Crippen LogP contribution in [-0.4, -0.2) is 21.6 Å². The van der Waals surface area contributed by atoms with E-state index < -0.39 is 6.04 Å². The first-order valence-corrected chi connectivity index (χ1v) is 6.48. The number of aromatic nitrogens is 2. The zero-order valence-corrected chi connectivity index (χ0v) is 10.9. The summed E-state index contributed by atoms with van der Waals surface area (Å²) in [6.07, 6.45) is 5.93. The minimum Gasteiger partial charge on any atom is -0.361 e. The van der Waals surface area contributed by atoms with Gasteiger partial charge in [-0.3, -0.25) is 14.9 Å². The Bertz CT molecular complexity index is 714. The predicted octanol–water partition coefficient (Wildman–Crippen LogP) is 1.61. The Morgan fingerprint density at radius 1 is 1.25 bits per heavy atom. The molecule has 4 N–H and O–H groups in total. The van der Waals surface area contributed by atoms with Crippen molar-refractivity contribution in [3.05, 3.63) is 60.6 Å². The summed E-state index contributed by atoms with van der Waals surface area (Å²) in [5, 5.41) is 1.11. The number of carbonyl (C=O) groups excluding carboxylic acids is 1. The fourth-order valence-electron chi connectivity index (χ4n) is 2.25. The number of nitrogens with zero attached hydrogens (tertiary/aromatic N) is 1. The van der Waals surface area contributed by atoms with Gasteiger partial charge in [0, 0.05) is 29.5 Å². The number of hydrogen-bond acceptors (Lipinski definition) is 2. The van der Waals surface area contributed by atoms with Gasteiger partial charge in [-0.1, -0.05) is 18.2 Å². The molecule has 1 amide bonds. The number of hydrogen-bond donors (Lipinski definition) is 3. The van der Waals surface area contributed by atoms with Crippen molar-refractivity contribution in [3.8, 4) is 0 Å². The second-order valence-electron chi connectivity index (χ2n) is 4.74. The van der Waals surface area contributed by atoms with Crippen molar-refractivity contribution in [2.24, 2.45) is 5.73 Å². The Morgan fingerprint density at radius 2 is 2.00 bits per heavy atom. The lowest BCUT2D eigenvalue weighted by Crippen LogP contribution is -2.40. The van der Waals surface area contributed by atoms with Gasteiger partial charge in [0.1, 0.15) is 0 Å². The first-order valence-electron chi connectivity index (χ1n) is 6.48. The van der Waals surface area contributed by atoms with Crippen molar-refractivity contribution in [1.82, 2.24) is 9.66 Å². The van der Waals surface area contributed by atoms with E-state index in [1.54, 1.807) is 17.1 Å². The molecule has 3 aromatic rings. The van der Waals surface area contributed by atoms with Gasteiger partial charge in [0.05, 0.1) is 6.04 Å². The van der Waals surface area contributed by atoms with Crippen LogP contribution in [-0.2, 0) is 11.2 Å². The Labute approximate surface area is 116 Å². The summed E-state index contributed by atoms with van der Waals surface area (Å²) in [7, 11) is 0. The molecule has 0 aliphatic heterocycles. The normalized spacial score (nSPS) is 12.4. The first kappa shape index (κ1) is 12.5. The van der Waals surface area contributed by atoms with Crippen LogP contribution in [0.1, 0.15) is 5.56 Å². The standard InChI is InChI=1S/C15H16N4O/c16-13(15(20)18-19-7-3-4-8-19)9-11-10-17-14-6-2-1-5-12(11)14/h1-8,10,13,17H,9,16H2,(H,18,20)/t13-/m1/s1. The van der Waals surface area contributed by atoms with Gasteiger partial charge in [-0.15, -0.1) is 0 Å². The monoisotopic (exact) mass is 268 g/mol. The van der Waals surface area contributed by atoms with Gasteiger partial charge in [-0.25, -0.2) is 0 Å². The summed E-state index contributed by atoms with van der Waals surface area (Å²) in [5.74, 6) is -0.202. The van der Waals surface area contributed by atoms with Gasteiger partial charge in [0.2, 0.25) is 0 Å². The van der Waals surface area contributed by atoms with E-state index in [-0.39, 0.29) is 5.91 Å². The highest BCUT2D eigenvalue weighted by Crippen LogP contribution is 2.18. The molecule has 3 rings (SSSR count). The smallest absolute Gasteiger partial charge is 0.256 e. The SMILES string of the molecule is N[C@H](Cc1c[nH]c2ccccc12)C(=O)Nn1cccc1. The lowest BCUT2D eigenvalue weighted by atomic mass is 10.1. The molecule has 0 aliphatic rings. The van der Waals surface area contributed by atoms with Crippen LogP contribution >= 0.6 is 0 Å². The summed E-state index contributed by atoms with van der Waals surface area (Å²) < 4.78 is 1.59. The van der Waals surface area contributed by atoms with Crippen molar-refractivity contribution >= 4 is 16.8 Å². The highest BCUT2D eigenvalue weighted by Gasteiger charge is 2.16. The molecule has 0 saturated heterocycles. The molecule has 0 fully saturated rings. The molecule has 2 aromatic heterocycles. The highest BCUT2D eigenvalue weighted by molar-refractivity contribution is 5.90. The number of carbonyl (C=O) groups is 1. The largest absolute Gasteiger partial charge is 0.361 e. The Morgan fingerprint density at radius 3 is 2.80 bits per heavy atom. The molecule has 1 aromatic carbocycles. The Kier molecular flexibility index (Phi) is 3.26. The fraction of sp³-hybridized carbons (Fsp3) is 0.133. The third-order valence-corrected chi connectivity index (χ3v) is 3.30. The number of amides is 1. The summed E-state index contributed by atoms with van der Waals surface area (Å²) >= 11 is 0. The van der Waals surface area contributed by atoms with Gasteiger partial charge >= 0.3 is 0 Å². The summed E-state index contributed by atoms with van der Waals surface area (Å²) in [6.45, 7) is 0. The van der Waals surface area contributed by atoms with E-state index >= 15 is 0 Å². The molecule has 1 atom stereocenters. The Balaban J connectivity index is 1.72. The maximum atomic E-state index is 12.0. The van der Waals surface area contributed by atoms with Gasteiger partial charge in [0.25, 0.3) is 5.91 Å². The third-order valence-electron chi connectivity index (χ3n) is 3.30. The minimum atomic E-state index is -0.586. The average molecular weight is 268 g/mol. The molecular formula is C15H16N4O. The van der Waals surface area contributed by atoms with E-state index in [0.717, 1.165) is 16.5 Å². The number of nitrogens with one attached hydrogen (secondary N) is 2. The van der Waals surface area contributed by atoms with Crippen LogP contribution < -0.4 is 11.2 Å². The number of benzene rings is 1. The zero-order valence-electron chi connectivity index (χ0n) is 10.9. The topological polar surface area (TPSA) is 75.8 Å². The van der Waals surface area contributed by atoms with Crippen LogP contribution in [0, 0.1) is 0 Å². The van der Waals surface area contributed by atoms with Gasteiger partial charge < -0.3 is 10.7 Å². The molecule has 20 heavy (non-hydrogen) atoms. The average Bonchev–Trinajstić information content (AvgIpc) is 3.09. The number of rotatable bonds is 4. The predicted molar refractivity (Wildman–Crippen MR) is 78.8 cm³/mol. The molecular weight excluding hydrogens is 252 g/mol. The van der Waals surface area contributed by atoms with Crippen LogP contribution in [0.15, 0.2) is 55.0 Å². The summed E-state index contributed by atoms with van der Waals surface area (Å²) in [5.41, 5.74) is 10.8. The van der Waals surface area contributed by atoms with E-state index in [1.807, 2.05) is 42.6 Å². The molecule has 102 valence electrons. The number of nitrogens with two attached hydrogens (primary N) is 1. The summed E-state index contributed by atoms with van der Waals surface area (Å²) in [6, 6.07) is 11.1. The molecule has 2 heterocycles. The second kappa shape index (κ2) is 5.22. The van der Waals surface area contributed by atoms with Crippen LogP contribution in [0.5, 0.6) is 0 Å². The summed E-state index contributed by atoms with van der Waals surface area (Å²) in [4.78, 5) is 15.2. The lowest BCUT2D eigenvalue weighted by Gasteiger charge is -2.12. The molecule has 0 bridgehead atoms. The van der Waals surface area contributed by atoms with Crippen LogP contribution in [0.3, 0.4) is 0 Å². The van der Waals surface area contributed by atoms with Crippen molar-refractivity contribution in [1.29, 1.82) is 0 Å². The van der Waals surface area contributed by atoms with E-state index in [4.69, 9.17) is 5.73 Å². The highest BCUT2D eigenvalue weighted by atomic mass is 16.2. The van der Waals surface area contributed by atoms with E-state index in [9.17, 15) is 4.79 Å². The molecule has 5 nitrogen and oxygen atoms in total. The first-order chi connectivity index (χ1) is 9.74. The second-order valence-corrected chi connectivity index (χ2v) is 4.74. The van der Waals surface area contributed by atoms with E-state index in [2.05, 4.69) is 10.4 Å². The molecule has 0 saturated carbocycles. The maximum Gasteiger partial charge on any atom is 0.256 e. The lowest BCUT2D eigenvalue weighted by molar-refractivity contribution is -0.118. The minimum absolute atomic E-state index is 0.202. The van der Waals surface area contributed by atoms with Crippen molar-refractivity contribution in [2.45, 2.75) is 12.5 Å². The quantitative estimate of drug-likeness (QED) is 0.672. The maximum absolute atomic E-state index is 12.0. The number of para-hydroxylation sites is 1. The number of aromatic amines is 1. The van der Waals surface area contributed by atoms with Crippen molar-refractivity contribution in [3.63, 3.8) is 0 Å². The van der Waals surface area contributed by atoms with Crippen molar-refractivity contribution in [2.75, 3.05) is 5.43 Å². The Hall–Kier alpha value is -2.53. The van der Waals surface area contributed by atoms with E-state index in [1.165, 1.54) is 0 Å². The third kappa shape index (κ3) is 2.44. The van der Waals surface area contributed by atoms with Gasteiger partial charge in [0.15, 0.2) is 0 Å². The zero-order chi connectivity index (χ0) is 13.9. The van der Waals surface area contributed by atoms with Crippen molar-refractivity contribution < 1.29 is 4.79 Å².